The Morgan fingerprint density at radius 2 is 1.77 bits per heavy atom. The van der Waals surface area contributed by atoms with E-state index in [1.807, 2.05) is 53.4 Å². The summed E-state index contributed by atoms with van der Waals surface area (Å²) in [4.78, 5) is 6.76. The second-order valence-electron chi connectivity index (χ2n) is 8.91. The molecule has 0 spiro atoms. The molecule has 1 atom stereocenters. The molecule has 5 heteroatoms. The van der Waals surface area contributed by atoms with Gasteiger partial charge in [0.15, 0.2) is 5.82 Å². The van der Waals surface area contributed by atoms with Gasteiger partial charge in [-0.1, -0.05) is 80.1 Å². The van der Waals surface area contributed by atoms with E-state index in [0.29, 0.717) is 5.92 Å². The molecule has 1 aromatic carbocycles. The van der Waals surface area contributed by atoms with Crippen molar-refractivity contribution in [1.29, 1.82) is 0 Å². The minimum absolute atomic E-state index is 0.424. The first-order valence-corrected chi connectivity index (χ1v) is 12.8. The number of pyridine rings is 1. The summed E-state index contributed by atoms with van der Waals surface area (Å²) in [7, 11) is 4.23. The molecule has 4 nitrogen and oxygen atoms in total. The van der Waals surface area contributed by atoms with Crippen LogP contribution in [0.15, 0.2) is 90.1 Å². The van der Waals surface area contributed by atoms with Gasteiger partial charge >= 0.3 is 0 Å². The molecule has 3 aromatic rings. The average molecular weight is 489 g/mol. The van der Waals surface area contributed by atoms with Crippen LogP contribution in [-0.4, -0.2) is 40.3 Å². The Hall–Kier alpha value is -2.95. The first-order valence-electron chi connectivity index (χ1n) is 12.5. The summed E-state index contributed by atoms with van der Waals surface area (Å²) in [6, 6.07) is 18.6. The van der Waals surface area contributed by atoms with Crippen LogP contribution >= 0.6 is 11.6 Å². The number of nitrogens with zero attached hydrogens (tertiary/aromatic N) is 4. The van der Waals surface area contributed by atoms with Crippen molar-refractivity contribution < 1.29 is 0 Å². The lowest BCUT2D eigenvalue weighted by Crippen LogP contribution is -2.17. The monoisotopic (exact) mass is 488 g/mol. The fourth-order valence-corrected chi connectivity index (χ4v) is 4.12. The molecule has 184 valence electrons. The van der Waals surface area contributed by atoms with Crippen molar-refractivity contribution in [3.63, 3.8) is 0 Å². The van der Waals surface area contributed by atoms with Gasteiger partial charge in [-0.2, -0.15) is 5.10 Å². The van der Waals surface area contributed by atoms with E-state index >= 15 is 0 Å². The van der Waals surface area contributed by atoms with Crippen molar-refractivity contribution in [3.05, 3.63) is 107 Å². The fourth-order valence-electron chi connectivity index (χ4n) is 3.97. The molecule has 0 aliphatic heterocycles. The molecule has 1 aliphatic rings. The van der Waals surface area contributed by atoms with E-state index in [4.69, 9.17) is 16.7 Å². The van der Waals surface area contributed by atoms with E-state index < -0.39 is 0 Å². The number of benzene rings is 1. The zero-order valence-corrected chi connectivity index (χ0v) is 22.1. The van der Waals surface area contributed by atoms with Crippen LogP contribution in [0.1, 0.15) is 56.0 Å². The van der Waals surface area contributed by atoms with Gasteiger partial charge in [-0.25, -0.2) is 9.67 Å². The maximum Gasteiger partial charge on any atom is 0.153 e. The Balaban J connectivity index is 0.000000363. The number of aryl methyl sites for hydroxylation is 1. The highest BCUT2D eigenvalue weighted by Gasteiger charge is 2.20. The van der Waals surface area contributed by atoms with Crippen molar-refractivity contribution in [2.75, 3.05) is 20.6 Å². The molecule has 0 amide bonds. The zero-order valence-electron chi connectivity index (χ0n) is 21.4. The molecule has 1 aliphatic carbocycles. The number of hydrogen-bond acceptors (Lipinski definition) is 3. The lowest BCUT2D eigenvalue weighted by molar-refractivity contribution is 0.374. The molecule has 0 saturated carbocycles. The van der Waals surface area contributed by atoms with Crippen LogP contribution in [0.4, 0.5) is 0 Å². The van der Waals surface area contributed by atoms with Gasteiger partial charge in [-0.15, -0.1) is 0 Å². The molecule has 1 unspecified atom stereocenters. The highest BCUT2D eigenvalue weighted by molar-refractivity contribution is 6.31. The van der Waals surface area contributed by atoms with Crippen LogP contribution in [0.25, 0.3) is 11.4 Å². The van der Waals surface area contributed by atoms with Crippen molar-refractivity contribution >= 4 is 17.2 Å². The van der Waals surface area contributed by atoms with Gasteiger partial charge in [0.05, 0.1) is 5.69 Å². The molecule has 35 heavy (non-hydrogen) atoms. The topological polar surface area (TPSA) is 34.0 Å². The molecule has 2 heterocycles. The zero-order chi connectivity index (χ0) is 25.0. The second kappa shape index (κ2) is 13.8. The van der Waals surface area contributed by atoms with Crippen LogP contribution in [-0.2, 0) is 6.42 Å². The highest BCUT2D eigenvalue weighted by Crippen LogP contribution is 2.30. The van der Waals surface area contributed by atoms with Gasteiger partial charge in [-0.05, 0) is 81.7 Å². The molecule has 0 bridgehead atoms. The minimum atomic E-state index is 0.424. The minimum Gasteiger partial charge on any atom is -0.309 e. The number of allylic oxidation sites excluding steroid dienone is 6. The quantitative estimate of drug-likeness (QED) is 0.330. The lowest BCUT2D eigenvalue weighted by atomic mass is 9.97. The molecular weight excluding hydrogens is 452 g/mol. The summed E-state index contributed by atoms with van der Waals surface area (Å²) in [5.74, 6) is 1.28. The fraction of sp³-hybridized carbons (Fsp3) is 0.333. The van der Waals surface area contributed by atoms with Crippen LogP contribution in [0, 0.1) is 0 Å². The third-order valence-corrected chi connectivity index (χ3v) is 6.34. The third-order valence-electron chi connectivity index (χ3n) is 6.06. The van der Waals surface area contributed by atoms with Gasteiger partial charge in [0, 0.05) is 22.8 Å². The van der Waals surface area contributed by atoms with Gasteiger partial charge in [0.1, 0.15) is 0 Å². The molecule has 0 fully saturated rings. The van der Waals surface area contributed by atoms with E-state index in [1.54, 1.807) is 0 Å². The Kier molecular flexibility index (Phi) is 10.5. The van der Waals surface area contributed by atoms with Crippen molar-refractivity contribution in [3.8, 4) is 5.82 Å². The largest absolute Gasteiger partial charge is 0.309 e. The second-order valence-corrected chi connectivity index (χ2v) is 9.34. The maximum atomic E-state index is 6.15. The van der Waals surface area contributed by atoms with Crippen LogP contribution in [0.5, 0.6) is 0 Å². The smallest absolute Gasteiger partial charge is 0.153 e. The van der Waals surface area contributed by atoms with Crippen LogP contribution in [0.2, 0.25) is 0 Å². The molecule has 0 N–H and O–H groups in total. The maximum absolute atomic E-state index is 6.15. The summed E-state index contributed by atoms with van der Waals surface area (Å²) < 4.78 is 2.01. The SMILES string of the molecule is CCC(CCN(C)C)c1cc(C2=CCC=C(Cl)C=C2)nn1-c1ccccn1.CCc1ccccc1. The van der Waals surface area contributed by atoms with Gasteiger partial charge in [0.2, 0.25) is 0 Å². The summed E-state index contributed by atoms with van der Waals surface area (Å²) >= 11 is 6.15. The first kappa shape index (κ1) is 26.7. The predicted molar refractivity (Wildman–Crippen MR) is 149 cm³/mol. The van der Waals surface area contributed by atoms with E-state index in [2.05, 4.69) is 74.2 Å². The Morgan fingerprint density at radius 1 is 1.00 bits per heavy atom. The molecular formula is C30H37ClN4. The van der Waals surface area contributed by atoms with Gasteiger partial charge in [0.25, 0.3) is 0 Å². The van der Waals surface area contributed by atoms with Crippen LogP contribution < -0.4 is 0 Å². The average Bonchev–Trinajstić information content (AvgIpc) is 3.21. The van der Waals surface area contributed by atoms with E-state index in [9.17, 15) is 0 Å². The number of hydrogen-bond donors (Lipinski definition) is 0. The lowest BCUT2D eigenvalue weighted by Gasteiger charge is -2.18. The van der Waals surface area contributed by atoms with Crippen LogP contribution in [0.3, 0.4) is 0 Å². The first-order chi connectivity index (χ1) is 17.0. The third kappa shape index (κ3) is 8.05. The summed E-state index contributed by atoms with van der Waals surface area (Å²) in [5.41, 5.74) is 4.69. The van der Waals surface area contributed by atoms with E-state index in [-0.39, 0.29) is 0 Å². The Bertz CT molecular complexity index is 1130. The van der Waals surface area contributed by atoms with Crippen molar-refractivity contribution in [2.24, 2.45) is 0 Å². The van der Waals surface area contributed by atoms with E-state index in [0.717, 1.165) is 54.3 Å². The molecule has 0 radical (unpaired) electrons. The molecule has 0 saturated heterocycles. The van der Waals surface area contributed by atoms with Crippen molar-refractivity contribution in [1.82, 2.24) is 19.7 Å². The summed E-state index contributed by atoms with van der Waals surface area (Å²) in [6.45, 7) is 5.45. The number of rotatable bonds is 8. The van der Waals surface area contributed by atoms with Gasteiger partial charge < -0.3 is 4.90 Å². The normalized spacial score (nSPS) is 14.0. The Morgan fingerprint density at radius 3 is 2.40 bits per heavy atom. The highest BCUT2D eigenvalue weighted by atomic mass is 35.5. The molecule has 2 aromatic heterocycles. The van der Waals surface area contributed by atoms with E-state index in [1.165, 1.54) is 11.3 Å². The number of halogens is 1. The molecule has 4 rings (SSSR count). The summed E-state index contributed by atoms with van der Waals surface area (Å²) in [5, 5.41) is 5.69. The predicted octanol–water partition coefficient (Wildman–Crippen LogP) is 7.43. The van der Waals surface area contributed by atoms with Crippen molar-refractivity contribution in [2.45, 2.75) is 45.4 Å². The standard InChI is InChI=1S/C22H27ClN4.C8H10/c1-4-17(13-15-26(2)3)21-16-20(18-8-7-9-19(23)12-11-18)25-27(21)22-10-5-6-14-24-22;1-2-8-6-4-3-5-7-8/h5-6,8-12,14,16-17H,4,7,13,15H2,1-3H3;3-7H,2H2,1H3. The summed E-state index contributed by atoms with van der Waals surface area (Å²) in [6.07, 6.45) is 14.1. The van der Waals surface area contributed by atoms with Gasteiger partial charge in [-0.3, -0.25) is 0 Å². The Labute approximate surface area is 215 Å². The number of aromatic nitrogens is 3.